The molecule has 100 valence electrons. The standard InChI is InChI=1S/C13H16BrFN2.ClH/c1-2-13(17-7-5-16-6-8-17)11-4-3-10(15)9-12(11)14;/h2-4,9,13,16H,1,5-8H2;1H/t13-;/m1./s1. The lowest BCUT2D eigenvalue weighted by Gasteiger charge is -2.33. The third kappa shape index (κ3) is 3.54. The van der Waals surface area contributed by atoms with Crippen LogP contribution in [0.15, 0.2) is 35.3 Å². The Morgan fingerprint density at radius 1 is 1.39 bits per heavy atom. The first-order valence-electron chi connectivity index (χ1n) is 5.74. The first kappa shape index (κ1) is 15.6. The van der Waals surface area contributed by atoms with Gasteiger partial charge in [-0.2, -0.15) is 0 Å². The second-order valence-electron chi connectivity index (χ2n) is 4.13. The highest BCUT2D eigenvalue weighted by Gasteiger charge is 2.21. The van der Waals surface area contributed by atoms with Gasteiger partial charge in [-0.1, -0.05) is 28.1 Å². The zero-order valence-electron chi connectivity index (χ0n) is 10.0. The van der Waals surface area contributed by atoms with Crippen LogP contribution in [-0.2, 0) is 0 Å². The van der Waals surface area contributed by atoms with Crippen LogP contribution in [0, 0.1) is 5.82 Å². The molecule has 0 amide bonds. The molecule has 0 unspecified atom stereocenters. The fraction of sp³-hybridized carbons (Fsp3) is 0.385. The fourth-order valence-electron chi connectivity index (χ4n) is 2.17. The molecule has 0 saturated carbocycles. The Morgan fingerprint density at radius 2 is 2.06 bits per heavy atom. The Morgan fingerprint density at radius 3 is 2.61 bits per heavy atom. The summed E-state index contributed by atoms with van der Waals surface area (Å²) in [6, 6.07) is 4.98. The zero-order chi connectivity index (χ0) is 12.3. The van der Waals surface area contributed by atoms with Crippen molar-refractivity contribution in [2.45, 2.75) is 6.04 Å². The minimum Gasteiger partial charge on any atom is -0.314 e. The molecule has 0 aromatic heterocycles. The summed E-state index contributed by atoms with van der Waals surface area (Å²) in [6.45, 7) is 7.85. The second-order valence-corrected chi connectivity index (χ2v) is 4.99. The van der Waals surface area contributed by atoms with E-state index in [2.05, 4.69) is 32.7 Å². The SMILES string of the molecule is C=C[C@H](c1ccc(F)cc1Br)N1CCNCC1.Cl. The maximum Gasteiger partial charge on any atom is 0.124 e. The lowest BCUT2D eigenvalue weighted by Crippen LogP contribution is -2.44. The topological polar surface area (TPSA) is 15.3 Å². The molecule has 1 aromatic rings. The van der Waals surface area contributed by atoms with Gasteiger partial charge in [0.1, 0.15) is 5.82 Å². The van der Waals surface area contributed by atoms with Gasteiger partial charge >= 0.3 is 0 Å². The van der Waals surface area contributed by atoms with Gasteiger partial charge < -0.3 is 5.32 Å². The average Bonchev–Trinajstić information content (AvgIpc) is 2.34. The second kappa shape index (κ2) is 7.24. The Hall–Kier alpha value is -0.420. The Kier molecular flexibility index (Phi) is 6.29. The lowest BCUT2D eigenvalue weighted by atomic mass is 10.0. The van der Waals surface area contributed by atoms with Gasteiger partial charge in [-0.3, -0.25) is 4.90 Å². The summed E-state index contributed by atoms with van der Waals surface area (Å²) in [7, 11) is 0. The monoisotopic (exact) mass is 334 g/mol. The molecule has 0 aliphatic carbocycles. The normalized spacial score (nSPS) is 17.9. The van der Waals surface area contributed by atoms with Crippen LogP contribution >= 0.6 is 28.3 Å². The van der Waals surface area contributed by atoms with Crippen molar-refractivity contribution in [3.63, 3.8) is 0 Å². The van der Waals surface area contributed by atoms with Gasteiger partial charge in [0.2, 0.25) is 0 Å². The maximum absolute atomic E-state index is 13.1. The molecule has 0 spiro atoms. The van der Waals surface area contributed by atoms with E-state index >= 15 is 0 Å². The van der Waals surface area contributed by atoms with E-state index in [-0.39, 0.29) is 24.3 Å². The van der Waals surface area contributed by atoms with Gasteiger partial charge in [0.25, 0.3) is 0 Å². The molecule has 0 bridgehead atoms. The molecule has 2 rings (SSSR count). The molecule has 1 N–H and O–H groups in total. The first-order valence-corrected chi connectivity index (χ1v) is 6.54. The van der Waals surface area contributed by atoms with Gasteiger partial charge in [-0.15, -0.1) is 19.0 Å². The molecule has 1 fully saturated rings. The van der Waals surface area contributed by atoms with Crippen LogP contribution < -0.4 is 5.32 Å². The van der Waals surface area contributed by atoms with Crippen molar-refractivity contribution in [3.8, 4) is 0 Å². The van der Waals surface area contributed by atoms with Crippen LogP contribution in [0.4, 0.5) is 4.39 Å². The van der Waals surface area contributed by atoms with Crippen LogP contribution in [0.3, 0.4) is 0 Å². The highest BCUT2D eigenvalue weighted by Crippen LogP contribution is 2.29. The Balaban J connectivity index is 0.00000162. The molecule has 1 aliphatic heterocycles. The highest BCUT2D eigenvalue weighted by atomic mass is 79.9. The van der Waals surface area contributed by atoms with E-state index in [1.807, 2.05) is 12.1 Å². The largest absolute Gasteiger partial charge is 0.314 e. The summed E-state index contributed by atoms with van der Waals surface area (Å²) in [4.78, 5) is 2.35. The number of rotatable bonds is 3. The van der Waals surface area contributed by atoms with Crippen molar-refractivity contribution >= 4 is 28.3 Å². The Labute approximate surface area is 122 Å². The van der Waals surface area contributed by atoms with E-state index < -0.39 is 0 Å². The number of benzene rings is 1. The van der Waals surface area contributed by atoms with Crippen LogP contribution in [0.2, 0.25) is 0 Å². The third-order valence-corrected chi connectivity index (χ3v) is 3.74. The minimum absolute atomic E-state index is 0. The average molecular weight is 336 g/mol. The summed E-state index contributed by atoms with van der Waals surface area (Å²) in [5.74, 6) is -0.219. The van der Waals surface area contributed by atoms with Gasteiger partial charge in [0.15, 0.2) is 0 Å². The predicted molar refractivity (Wildman–Crippen MR) is 78.7 cm³/mol. The van der Waals surface area contributed by atoms with Crippen molar-refractivity contribution in [3.05, 3.63) is 46.7 Å². The van der Waals surface area contributed by atoms with E-state index in [0.717, 1.165) is 36.2 Å². The third-order valence-electron chi connectivity index (χ3n) is 3.05. The van der Waals surface area contributed by atoms with E-state index in [1.54, 1.807) is 0 Å². The molecule has 5 heteroatoms. The number of nitrogens with zero attached hydrogens (tertiary/aromatic N) is 1. The van der Waals surface area contributed by atoms with Crippen molar-refractivity contribution in [2.75, 3.05) is 26.2 Å². The molecule has 2 nitrogen and oxygen atoms in total. The van der Waals surface area contributed by atoms with Crippen LogP contribution in [-0.4, -0.2) is 31.1 Å². The number of piperazine rings is 1. The van der Waals surface area contributed by atoms with E-state index in [4.69, 9.17) is 0 Å². The van der Waals surface area contributed by atoms with Gasteiger partial charge in [0.05, 0.1) is 6.04 Å². The summed E-state index contributed by atoms with van der Waals surface area (Å²) in [5, 5.41) is 3.32. The summed E-state index contributed by atoms with van der Waals surface area (Å²) < 4.78 is 13.9. The van der Waals surface area contributed by atoms with Crippen molar-refractivity contribution in [2.24, 2.45) is 0 Å². The molecular weight excluding hydrogens is 319 g/mol. The number of halogens is 3. The van der Waals surface area contributed by atoms with Gasteiger partial charge in [-0.05, 0) is 17.7 Å². The number of hydrogen-bond acceptors (Lipinski definition) is 2. The van der Waals surface area contributed by atoms with Crippen molar-refractivity contribution in [1.82, 2.24) is 10.2 Å². The van der Waals surface area contributed by atoms with Crippen molar-refractivity contribution < 1.29 is 4.39 Å². The molecule has 1 heterocycles. The summed E-state index contributed by atoms with van der Waals surface area (Å²) in [5.41, 5.74) is 1.07. The predicted octanol–water partition coefficient (Wildman–Crippen LogP) is 3.14. The van der Waals surface area contributed by atoms with Crippen LogP contribution in [0.25, 0.3) is 0 Å². The zero-order valence-corrected chi connectivity index (χ0v) is 12.4. The molecule has 0 radical (unpaired) electrons. The minimum atomic E-state index is -0.219. The molecule has 1 aliphatic rings. The smallest absolute Gasteiger partial charge is 0.124 e. The van der Waals surface area contributed by atoms with Crippen LogP contribution in [0.5, 0.6) is 0 Å². The Bertz CT molecular complexity index is 408. The molecular formula is C13H17BrClFN2. The quantitative estimate of drug-likeness (QED) is 0.854. The maximum atomic E-state index is 13.1. The molecule has 1 saturated heterocycles. The van der Waals surface area contributed by atoms with Gasteiger partial charge in [0, 0.05) is 30.7 Å². The number of nitrogens with one attached hydrogen (secondary N) is 1. The molecule has 18 heavy (non-hydrogen) atoms. The van der Waals surface area contributed by atoms with Gasteiger partial charge in [-0.25, -0.2) is 4.39 Å². The van der Waals surface area contributed by atoms with E-state index in [0.29, 0.717) is 0 Å². The lowest BCUT2D eigenvalue weighted by molar-refractivity contribution is 0.203. The summed E-state index contributed by atoms with van der Waals surface area (Å²) in [6.07, 6.45) is 1.92. The van der Waals surface area contributed by atoms with Crippen LogP contribution in [0.1, 0.15) is 11.6 Å². The molecule has 1 atom stereocenters. The van der Waals surface area contributed by atoms with E-state index in [1.165, 1.54) is 12.1 Å². The fourth-order valence-corrected chi connectivity index (χ4v) is 2.76. The van der Waals surface area contributed by atoms with E-state index in [9.17, 15) is 4.39 Å². The number of hydrogen-bond donors (Lipinski definition) is 1. The first-order chi connectivity index (χ1) is 8.22. The van der Waals surface area contributed by atoms with Crippen molar-refractivity contribution in [1.29, 1.82) is 0 Å². The molecule has 1 aromatic carbocycles. The summed E-state index contributed by atoms with van der Waals surface area (Å²) >= 11 is 3.43. The highest BCUT2D eigenvalue weighted by molar-refractivity contribution is 9.10.